The van der Waals surface area contributed by atoms with Crippen molar-refractivity contribution in [1.29, 1.82) is 0 Å². The Labute approximate surface area is 237 Å². The summed E-state index contributed by atoms with van der Waals surface area (Å²) in [6.07, 6.45) is 6.00. The lowest BCUT2D eigenvalue weighted by Gasteiger charge is -2.31. The number of pyridine rings is 1. The second kappa shape index (κ2) is 10.5. The number of nitrogens with zero attached hydrogens (tertiary/aromatic N) is 3. The number of likely N-dealkylation sites (tertiary alicyclic amines) is 1. The molecule has 2 aromatic heterocycles. The Bertz CT molecular complexity index is 1710. The molecule has 1 aliphatic carbocycles. The Balaban J connectivity index is 1.22. The minimum absolute atomic E-state index is 0.0453. The molecule has 212 valence electrons. The normalized spacial score (nSPS) is 15.5. The van der Waals surface area contributed by atoms with Gasteiger partial charge < -0.3 is 19.2 Å². The van der Waals surface area contributed by atoms with Crippen molar-refractivity contribution in [1.82, 2.24) is 14.5 Å². The number of ether oxygens (including phenoxy) is 1. The number of fused-ring (bicyclic) bond motifs is 2. The molecule has 1 N–H and O–H groups in total. The molecule has 41 heavy (non-hydrogen) atoms. The van der Waals surface area contributed by atoms with Crippen LogP contribution in [0.2, 0.25) is 0 Å². The summed E-state index contributed by atoms with van der Waals surface area (Å²) in [7, 11) is 1.84. The molecule has 3 heterocycles. The van der Waals surface area contributed by atoms with E-state index in [-0.39, 0.29) is 11.2 Å². The molecule has 6 rings (SSSR count). The molecule has 4 aromatic rings. The van der Waals surface area contributed by atoms with Gasteiger partial charge in [0.1, 0.15) is 5.75 Å². The highest BCUT2D eigenvalue weighted by molar-refractivity contribution is 5.92. The molecule has 1 saturated heterocycles. The van der Waals surface area contributed by atoms with Gasteiger partial charge >= 0.3 is 6.09 Å². The molecule has 0 atom stereocenters. The van der Waals surface area contributed by atoms with E-state index in [1.165, 1.54) is 46.3 Å². The minimum Gasteiger partial charge on any atom is -0.410 e. The van der Waals surface area contributed by atoms with Crippen LogP contribution in [0.1, 0.15) is 67.2 Å². The number of piperidine rings is 1. The quantitative estimate of drug-likeness (QED) is 0.226. The van der Waals surface area contributed by atoms with E-state index >= 15 is 0 Å². The second-order valence-electron chi connectivity index (χ2n) is 11.5. The van der Waals surface area contributed by atoms with Gasteiger partial charge in [-0.3, -0.25) is 14.9 Å². The van der Waals surface area contributed by atoms with Gasteiger partial charge in [-0.2, -0.15) is 0 Å². The molecule has 9 heteroatoms. The lowest BCUT2D eigenvalue weighted by Crippen LogP contribution is -2.39. The fourth-order valence-electron chi connectivity index (χ4n) is 6.53. The molecule has 0 spiro atoms. The Hall–Kier alpha value is -4.40. The van der Waals surface area contributed by atoms with Crippen LogP contribution in [-0.2, 0) is 19.9 Å². The Morgan fingerprint density at radius 3 is 2.46 bits per heavy atom. The van der Waals surface area contributed by atoms with Gasteiger partial charge in [0.15, 0.2) is 0 Å². The summed E-state index contributed by atoms with van der Waals surface area (Å²) >= 11 is 0. The number of nitrogens with one attached hydrogen (secondary N) is 1. The predicted molar refractivity (Wildman–Crippen MR) is 158 cm³/mol. The molecule has 1 fully saturated rings. The lowest BCUT2D eigenvalue weighted by atomic mass is 9.87. The summed E-state index contributed by atoms with van der Waals surface area (Å²) in [6, 6.07) is 12.2. The molecule has 0 unspecified atom stereocenters. The Morgan fingerprint density at radius 2 is 1.78 bits per heavy atom. The second-order valence-corrected chi connectivity index (χ2v) is 11.5. The Morgan fingerprint density at radius 1 is 1.07 bits per heavy atom. The smallest absolute Gasteiger partial charge is 0.410 e. The highest BCUT2D eigenvalue weighted by Crippen LogP contribution is 2.40. The number of non-ortho nitro benzene ring substituents is 1. The third kappa shape index (κ3) is 4.90. The first kappa shape index (κ1) is 26.8. The van der Waals surface area contributed by atoms with Crippen molar-refractivity contribution in [2.24, 2.45) is 7.05 Å². The maximum atomic E-state index is 12.7. The fourth-order valence-corrected chi connectivity index (χ4v) is 6.53. The number of H-pyrrole nitrogens is 1. The van der Waals surface area contributed by atoms with Crippen LogP contribution < -0.4 is 10.3 Å². The van der Waals surface area contributed by atoms with Gasteiger partial charge in [0, 0.05) is 60.5 Å². The van der Waals surface area contributed by atoms with Gasteiger partial charge in [0.05, 0.1) is 10.6 Å². The number of aryl methyl sites for hydroxylation is 1. The molecular formula is C32H34N4O5. The zero-order valence-corrected chi connectivity index (χ0v) is 23.6. The van der Waals surface area contributed by atoms with E-state index in [0.717, 1.165) is 54.4 Å². The van der Waals surface area contributed by atoms with Crippen LogP contribution in [0, 0.1) is 10.1 Å². The monoisotopic (exact) mass is 554 g/mol. The van der Waals surface area contributed by atoms with Gasteiger partial charge in [-0.1, -0.05) is 19.9 Å². The summed E-state index contributed by atoms with van der Waals surface area (Å²) in [6.45, 7) is 5.59. The van der Waals surface area contributed by atoms with Crippen molar-refractivity contribution in [2.45, 2.75) is 57.8 Å². The number of rotatable bonds is 5. The van der Waals surface area contributed by atoms with E-state index in [1.54, 1.807) is 9.47 Å². The van der Waals surface area contributed by atoms with Crippen LogP contribution in [0.25, 0.3) is 22.2 Å². The first-order valence-corrected chi connectivity index (χ1v) is 14.3. The van der Waals surface area contributed by atoms with Crippen molar-refractivity contribution in [2.75, 3.05) is 13.1 Å². The first-order valence-electron chi connectivity index (χ1n) is 14.3. The van der Waals surface area contributed by atoms with Gasteiger partial charge in [-0.15, -0.1) is 0 Å². The molecule has 1 aliphatic heterocycles. The average molecular weight is 555 g/mol. The topological polar surface area (TPSA) is 110 Å². The van der Waals surface area contributed by atoms with Crippen LogP contribution in [0.4, 0.5) is 10.5 Å². The van der Waals surface area contributed by atoms with E-state index in [4.69, 9.17) is 4.74 Å². The minimum atomic E-state index is -0.483. The van der Waals surface area contributed by atoms with E-state index < -0.39 is 11.0 Å². The molecular weight excluding hydrogens is 520 g/mol. The van der Waals surface area contributed by atoms with Crippen molar-refractivity contribution >= 4 is 22.7 Å². The zero-order chi connectivity index (χ0) is 28.8. The molecule has 1 amide bonds. The third-order valence-corrected chi connectivity index (χ3v) is 8.63. The highest BCUT2D eigenvalue weighted by Gasteiger charge is 2.28. The van der Waals surface area contributed by atoms with Gasteiger partial charge in [-0.25, -0.2) is 4.79 Å². The SMILES string of the molecule is CC(C)c1c(-c2cn(C)c(=O)c3c2CCC3)[nH]c2ccc(C3CCN(C(=O)Oc4ccc([N+](=O)[O-])cc4)CC3)cc12. The first-order chi connectivity index (χ1) is 19.7. The lowest BCUT2D eigenvalue weighted by molar-refractivity contribution is -0.384. The molecule has 0 radical (unpaired) electrons. The maximum absolute atomic E-state index is 12.7. The molecule has 0 bridgehead atoms. The van der Waals surface area contributed by atoms with Gasteiger partial charge in [0.25, 0.3) is 11.2 Å². The fraction of sp³-hybridized carbons (Fsp3) is 0.375. The number of nitro groups is 1. The van der Waals surface area contributed by atoms with Crippen LogP contribution in [0.5, 0.6) is 5.75 Å². The number of aromatic nitrogens is 2. The zero-order valence-electron chi connectivity index (χ0n) is 23.6. The summed E-state index contributed by atoms with van der Waals surface area (Å²) in [5.41, 5.74) is 8.11. The standard InChI is InChI=1S/C32H34N4O5/c1-19(2)29-26-17-21(7-12-28(26)33-30(29)27-18-34(3)31(37)25-6-4-5-24(25)27)20-13-15-35(16-14-20)32(38)41-23-10-8-22(9-11-23)36(39)40/h7-12,17-20,33H,4-6,13-16H2,1-3H3. The Kier molecular flexibility index (Phi) is 6.89. The van der Waals surface area contributed by atoms with Gasteiger partial charge in [0.2, 0.25) is 0 Å². The van der Waals surface area contributed by atoms with Crippen molar-refractivity contribution in [3.05, 3.63) is 91.4 Å². The third-order valence-electron chi connectivity index (χ3n) is 8.63. The molecule has 9 nitrogen and oxygen atoms in total. The van der Waals surface area contributed by atoms with Crippen LogP contribution in [-0.4, -0.2) is 38.6 Å². The van der Waals surface area contributed by atoms with Crippen LogP contribution >= 0.6 is 0 Å². The number of aromatic amines is 1. The number of nitro benzene ring substituents is 1. The number of hydrogen-bond donors (Lipinski definition) is 1. The van der Waals surface area contributed by atoms with Crippen molar-refractivity contribution < 1.29 is 14.5 Å². The summed E-state index contributed by atoms with van der Waals surface area (Å²) in [5, 5.41) is 12.1. The molecule has 2 aromatic carbocycles. The van der Waals surface area contributed by atoms with E-state index in [9.17, 15) is 19.7 Å². The van der Waals surface area contributed by atoms with Crippen molar-refractivity contribution in [3.8, 4) is 17.0 Å². The maximum Gasteiger partial charge on any atom is 0.415 e. The van der Waals surface area contributed by atoms with Gasteiger partial charge in [-0.05, 0) is 84.9 Å². The summed E-state index contributed by atoms with van der Waals surface area (Å²) < 4.78 is 7.18. The van der Waals surface area contributed by atoms with E-state index in [0.29, 0.717) is 30.7 Å². The van der Waals surface area contributed by atoms with E-state index in [2.05, 4.69) is 37.0 Å². The van der Waals surface area contributed by atoms with Crippen LogP contribution in [0.15, 0.2) is 53.5 Å². The number of hydrogen-bond acceptors (Lipinski definition) is 5. The summed E-state index contributed by atoms with van der Waals surface area (Å²) in [5.74, 6) is 0.907. The summed E-state index contributed by atoms with van der Waals surface area (Å²) in [4.78, 5) is 41.3. The number of carbonyl (C=O) groups is 1. The molecule has 2 aliphatic rings. The number of benzene rings is 2. The average Bonchev–Trinajstić information content (AvgIpc) is 3.61. The van der Waals surface area contributed by atoms with E-state index in [1.807, 2.05) is 13.2 Å². The molecule has 0 saturated carbocycles. The predicted octanol–water partition coefficient (Wildman–Crippen LogP) is 6.43. The van der Waals surface area contributed by atoms with Crippen LogP contribution in [0.3, 0.4) is 0 Å². The van der Waals surface area contributed by atoms with Crippen molar-refractivity contribution in [3.63, 3.8) is 0 Å². The largest absolute Gasteiger partial charge is 0.415 e. The number of amides is 1. The number of carbonyl (C=O) groups excluding carboxylic acids is 1. The highest BCUT2D eigenvalue weighted by atomic mass is 16.6.